The molecule has 0 saturated carbocycles. The molecule has 28 heavy (non-hydrogen) atoms. The van der Waals surface area contributed by atoms with Crippen LogP contribution in [0.5, 0.6) is 0 Å². The van der Waals surface area contributed by atoms with E-state index in [0.717, 1.165) is 31.2 Å². The average Bonchev–Trinajstić information content (AvgIpc) is 2.81. The minimum atomic E-state index is -1.03. The van der Waals surface area contributed by atoms with Gasteiger partial charge in [-0.15, -0.1) is 0 Å². The Kier molecular flexibility index (Phi) is 8.35. The van der Waals surface area contributed by atoms with E-state index in [2.05, 4.69) is 17.9 Å². The van der Waals surface area contributed by atoms with Crippen LogP contribution in [0.1, 0.15) is 51.5 Å². The summed E-state index contributed by atoms with van der Waals surface area (Å²) in [5.74, 6) is -1.64. The van der Waals surface area contributed by atoms with Gasteiger partial charge in [-0.3, -0.25) is 9.59 Å². The molecule has 1 aliphatic rings. The Hall–Kier alpha value is -2.02. The summed E-state index contributed by atoms with van der Waals surface area (Å²) in [6.45, 7) is 3.55. The fourth-order valence-electron chi connectivity index (χ4n) is 3.75. The molecule has 7 heteroatoms. The summed E-state index contributed by atoms with van der Waals surface area (Å²) in [6.07, 6.45) is 4.11. The lowest BCUT2D eigenvalue weighted by Gasteiger charge is -2.35. The van der Waals surface area contributed by atoms with Crippen molar-refractivity contribution in [2.45, 2.75) is 75.7 Å². The van der Waals surface area contributed by atoms with E-state index < -0.39 is 23.3 Å². The molecule has 4 unspecified atom stereocenters. The van der Waals surface area contributed by atoms with Crippen molar-refractivity contribution in [1.82, 2.24) is 10.2 Å². The Balaban J connectivity index is 2.10. The van der Waals surface area contributed by atoms with E-state index in [9.17, 15) is 19.5 Å². The van der Waals surface area contributed by atoms with Gasteiger partial charge in [-0.1, -0.05) is 43.7 Å². The van der Waals surface area contributed by atoms with Crippen molar-refractivity contribution >= 4 is 30.4 Å². The lowest BCUT2D eigenvalue weighted by Crippen LogP contribution is -2.56. The van der Waals surface area contributed by atoms with E-state index in [0.29, 0.717) is 12.8 Å². The largest absolute Gasteiger partial charge is 0.480 e. The average molecular weight is 407 g/mol. The molecular weight excluding hydrogens is 376 g/mol. The first-order valence-electron chi connectivity index (χ1n) is 9.92. The predicted molar refractivity (Wildman–Crippen MR) is 111 cm³/mol. The maximum atomic E-state index is 13.1. The second kappa shape index (κ2) is 10.5. The summed E-state index contributed by atoms with van der Waals surface area (Å²) in [4.78, 5) is 38.8. The zero-order valence-corrected chi connectivity index (χ0v) is 17.4. The minimum absolute atomic E-state index is 0.110. The molecule has 4 atom stereocenters. The molecule has 0 aromatic heterocycles. The summed E-state index contributed by atoms with van der Waals surface area (Å²) in [5.41, 5.74) is 0.994. The summed E-state index contributed by atoms with van der Waals surface area (Å²) >= 11 is 4.41. The molecule has 0 spiro atoms. The highest BCUT2D eigenvalue weighted by Crippen LogP contribution is 2.24. The van der Waals surface area contributed by atoms with Crippen molar-refractivity contribution in [3.05, 3.63) is 35.9 Å². The number of carbonyl (C=O) groups excluding carboxylic acids is 2. The van der Waals surface area contributed by atoms with E-state index in [1.165, 1.54) is 11.8 Å². The normalized spacial score (nSPS) is 22.2. The van der Waals surface area contributed by atoms with Crippen LogP contribution in [0.2, 0.25) is 0 Å². The summed E-state index contributed by atoms with van der Waals surface area (Å²) in [5, 5.41) is 11.7. The van der Waals surface area contributed by atoms with Crippen LogP contribution in [-0.4, -0.2) is 51.2 Å². The van der Waals surface area contributed by atoms with Gasteiger partial charge in [0.2, 0.25) is 11.8 Å². The van der Waals surface area contributed by atoms with Crippen LogP contribution in [0.25, 0.3) is 0 Å². The molecule has 1 heterocycles. The second-order valence-electron chi connectivity index (χ2n) is 7.40. The Morgan fingerprint density at radius 3 is 2.57 bits per heavy atom. The molecule has 1 aliphatic heterocycles. The molecule has 1 fully saturated rings. The van der Waals surface area contributed by atoms with Crippen LogP contribution in [0.4, 0.5) is 0 Å². The van der Waals surface area contributed by atoms with Crippen LogP contribution >= 0.6 is 12.6 Å². The van der Waals surface area contributed by atoms with Gasteiger partial charge >= 0.3 is 5.97 Å². The number of nitrogens with one attached hydrogen (secondary N) is 1. The number of carbonyl (C=O) groups is 3. The van der Waals surface area contributed by atoms with E-state index >= 15 is 0 Å². The molecule has 6 nitrogen and oxygen atoms in total. The second-order valence-corrected chi connectivity index (χ2v) is 8.02. The summed E-state index contributed by atoms with van der Waals surface area (Å²) < 4.78 is 0. The van der Waals surface area contributed by atoms with Crippen LogP contribution in [0.15, 0.2) is 30.3 Å². The zero-order valence-electron chi connectivity index (χ0n) is 16.5. The number of nitrogens with zero attached hydrogens (tertiary/aromatic N) is 1. The lowest BCUT2D eigenvalue weighted by atomic mass is 10.0. The molecular formula is C21H30N2O4S. The first-order valence-corrected chi connectivity index (χ1v) is 10.4. The van der Waals surface area contributed by atoms with Crippen LogP contribution in [0.3, 0.4) is 0 Å². The van der Waals surface area contributed by atoms with Gasteiger partial charge < -0.3 is 15.3 Å². The van der Waals surface area contributed by atoms with Gasteiger partial charge in [0, 0.05) is 6.04 Å². The molecule has 2 amide bonds. The number of hydrogen-bond acceptors (Lipinski definition) is 4. The Morgan fingerprint density at radius 2 is 1.96 bits per heavy atom. The molecule has 2 rings (SSSR count). The monoisotopic (exact) mass is 406 g/mol. The maximum absolute atomic E-state index is 13.1. The number of carboxylic acid groups (broad SMARTS) is 1. The molecule has 1 aromatic carbocycles. The molecule has 0 aliphatic carbocycles. The van der Waals surface area contributed by atoms with Crippen molar-refractivity contribution in [3.63, 3.8) is 0 Å². The van der Waals surface area contributed by atoms with Crippen molar-refractivity contribution in [1.29, 1.82) is 0 Å². The van der Waals surface area contributed by atoms with E-state index in [-0.39, 0.29) is 17.9 Å². The van der Waals surface area contributed by atoms with Gasteiger partial charge in [0.25, 0.3) is 0 Å². The van der Waals surface area contributed by atoms with Gasteiger partial charge in [0.15, 0.2) is 0 Å². The van der Waals surface area contributed by atoms with Crippen LogP contribution in [0, 0.1) is 0 Å². The van der Waals surface area contributed by atoms with Gasteiger partial charge in [0.05, 0.1) is 5.25 Å². The van der Waals surface area contributed by atoms with E-state index in [1.54, 1.807) is 0 Å². The number of thiol groups is 1. The minimum Gasteiger partial charge on any atom is -0.480 e. The third-order valence-corrected chi connectivity index (χ3v) is 5.68. The van der Waals surface area contributed by atoms with Gasteiger partial charge in [-0.25, -0.2) is 4.79 Å². The van der Waals surface area contributed by atoms with Crippen molar-refractivity contribution in [3.8, 4) is 0 Å². The number of carboxylic acids is 1. The molecule has 154 valence electrons. The number of rotatable bonds is 8. The quantitative estimate of drug-likeness (QED) is 0.579. The van der Waals surface area contributed by atoms with Crippen LogP contribution in [-0.2, 0) is 20.8 Å². The topological polar surface area (TPSA) is 86.7 Å². The number of benzene rings is 1. The molecule has 0 radical (unpaired) electrons. The highest BCUT2D eigenvalue weighted by molar-refractivity contribution is 7.81. The number of likely N-dealkylation sites (tertiary alicyclic amines) is 1. The highest BCUT2D eigenvalue weighted by Gasteiger charge is 2.38. The maximum Gasteiger partial charge on any atom is 0.326 e. The van der Waals surface area contributed by atoms with Gasteiger partial charge in [-0.2, -0.15) is 12.6 Å². The highest BCUT2D eigenvalue weighted by atomic mass is 32.1. The predicted octanol–water partition coefficient (Wildman–Crippen LogP) is 2.67. The fourth-order valence-corrected chi connectivity index (χ4v) is 4.04. The third kappa shape index (κ3) is 5.74. The number of hydrogen-bond donors (Lipinski definition) is 3. The fraction of sp³-hybridized carbons (Fsp3) is 0.571. The SMILES string of the molecule is CCCC1CCCC(NC(=O)C(S)Cc2ccccc2)C(=O)N1C(C)C(=O)O. The molecule has 1 saturated heterocycles. The Labute approximate surface area is 172 Å². The summed E-state index contributed by atoms with van der Waals surface area (Å²) in [6, 6.07) is 7.84. The van der Waals surface area contributed by atoms with Crippen molar-refractivity contribution in [2.24, 2.45) is 0 Å². The Bertz CT molecular complexity index is 682. The third-order valence-electron chi connectivity index (χ3n) is 5.26. The van der Waals surface area contributed by atoms with E-state index in [4.69, 9.17) is 0 Å². The van der Waals surface area contributed by atoms with Gasteiger partial charge in [0.1, 0.15) is 12.1 Å². The van der Waals surface area contributed by atoms with Gasteiger partial charge in [-0.05, 0) is 44.6 Å². The lowest BCUT2D eigenvalue weighted by molar-refractivity contribution is -0.152. The Morgan fingerprint density at radius 1 is 1.29 bits per heavy atom. The smallest absolute Gasteiger partial charge is 0.326 e. The molecule has 1 aromatic rings. The molecule has 2 N–H and O–H groups in total. The molecule has 0 bridgehead atoms. The van der Waals surface area contributed by atoms with Crippen molar-refractivity contribution in [2.75, 3.05) is 0 Å². The number of amides is 2. The number of aliphatic carboxylic acids is 1. The summed E-state index contributed by atoms with van der Waals surface area (Å²) in [7, 11) is 0. The van der Waals surface area contributed by atoms with E-state index in [1.807, 2.05) is 37.3 Å². The first kappa shape index (κ1) is 22.3. The van der Waals surface area contributed by atoms with Crippen LogP contribution < -0.4 is 5.32 Å². The first-order chi connectivity index (χ1) is 13.3. The van der Waals surface area contributed by atoms with Crippen molar-refractivity contribution < 1.29 is 19.5 Å². The zero-order chi connectivity index (χ0) is 20.7. The standard InChI is InChI=1S/C21H30N2O4S/c1-3-8-16-11-7-12-17(20(25)23(16)14(2)21(26)27)22-19(24)18(28)13-15-9-5-4-6-10-15/h4-6,9-10,14,16-18,28H,3,7-8,11-13H2,1-2H3,(H,22,24)(H,26,27).